The molecule has 0 spiro atoms. The maximum absolute atomic E-state index is 12.3. The van der Waals surface area contributed by atoms with Gasteiger partial charge in [0.1, 0.15) is 12.2 Å². The summed E-state index contributed by atoms with van der Waals surface area (Å²) in [7, 11) is 0. The molecule has 6 heteroatoms. The summed E-state index contributed by atoms with van der Waals surface area (Å²) in [6.07, 6.45) is 8.18. The molecule has 0 unspecified atom stereocenters. The van der Waals surface area contributed by atoms with Crippen LogP contribution in [0.1, 0.15) is 44.9 Å². The van der Waals surface area contributed by atoms with Crippen LogP contribution < -0.4 is 10.9 Å². The summed E-state index contributed by atoms with van der Waals surface area (Å²) in [5.74, 6) is -0.126. The summed E-state index contributed by atoms with van der Waals surface area (Å²) in [6.45, 7) is -0.0193. The van der Waals surface area contributed by atoms with E-state index in [1.807, 2.05) is 17.5 Å². The average molecular weight is 345 g/mol. The van der Waals surface area contributed by atoms with Crippen LogP contribution in [-0.2, 0) is 11.3 Å². The fourth-order valence-corrected chi connectivity index (χ4v) is 3.82. The second-order valence-corrected chi connectivity index (χ2v) is 7.25. The molecule has 0 radical (unpaired) electrons. The predicted octanol–water partition coefficient (Wildman–Crippen LogP) is 3.20. The third-order valence-corrected chi connectivity index (χ3v) is 5.30. The first-order valence-corrected chi connectivity index (χ1v) is 9.52. The van der Waals surface area contributed by atoms with Crippen LogP contribution in [0.25, 0.3) is 10.6 Å². The molecular formula is C18H23N3O2S. The Labute approximate surface area is 145 Å². The average Bonchev–Trinajstić information content (AvgIpc) is 3.06. The summed E-state index contributed by atoms with van der Waals surface area (Å²) >= 11 is 1.56. The molecule has 3 rings (SSSR count). The number of nitrogens with zero attached hydrogens (tertiary/aromatic N) is 2. The maximum atomic E-state index is 12.3. The molecule has 2 heterocycles. The molecule has 24 heavy (non-hydrogen) atoms. The summed E-state index contributed by atoms with van der Waals surface area (Å²) in [5.41, 5.74) is 0.478. The molecule has 0 saturated heterocycles. The zero-order chi connectivity index (χ0) is 16.8. The van der Waals surface area contributed by atoms with Gasteiger partial charge in [-0.1, -0.05) is 38.2 Å². The van der Waals surface area contributed by atoms with Gasteiger partial charge in [0, 0.05) is 12.1 Å². The predicted molar refractivity (Wildman–Crippen MR) is 96.1 cm³/mol. The summed E-state index contributed by atoms with van der Waals surface area (Å²) in [4.78, 5) is 25.3. The van der Waals surface area contributed by atoms with E-state index in [9.17, 15) is 9.59 Å². The van der Waals surface area contributed by atoms with Crippen molar-refractivity contribution in [1.82, 2.24) is 15.1 Å². The SMILES string of the molecule is O=C(Cn1nc(-c2cccs2)ccc1=O)NC1CCCCCCC1. The quantitative estimate of drug-likeness (QED) is 0.925. The van der Waals surface area contributed by atoms with Gasteiger partial charge < -0.3 is 5.32 Å². The van der Waals surface area contributed by atoms with Crippen molar-refractivity contribution in [2.75, 3.05) is 0 Å². The Kier molecular flexibility index (Phi) is 5.80. The van der Waals surface area contributed by atoms with Gasteiger partial charge in [-0.05, 0) is 30.4 Å². The Hall–Kier alpha value is -1.95. The van der Waals surface area contributed by atoms with Crippen LogP contribution in [0.3, 0.4) is 0 Å². The molecular weight excluding hydrogens is 322 g/mol. The second kappa shape index (κ2) is 8.24. The lowest BCUT2D eigenvalue weighted by Gasteiger charge is -2.21. The minimum Gasteiger partial charge on any atom is -0.352 e. The van der Waals surface area contributed by atoms with Gasteiger partial charge in [0.05, 0.1) is 4.88 Å². The van der Waals surface area contributed by atoms with E-state index in [-0.39, 0.29) is 24.1 Å². The highest BCUT2D eigenvalue weighted by molar-refractivity contribution is 7.13. The molecule has 1 saturated carbocycles. The van der Waals surface area contributed by atoms with Gasteiger partial charge >= 0.3 is 0 Å². The van der Waals surface area contributed by atoms with Crippen molar-refractivity contribution in [2.24, 2.45) is 0 Å². The van der Waals surface area contributed by atoms with Gasteiger partial charge in [-0.15, -0.1) is 11.3 Å². The number of amides is 1. The fraction of sp³-hybridized carbons (Fsp3) is 0.500. The number of hydrogen-bond acceptors (Lipinski definition) is 4. The second-order valence-electron chi connectivity index (χ2n) is 6.30. The smallest absolute Gasteiger partial charge is 0.267 e. The molecule has 128 valence electrons. The molecule has 0 aromatic carbocycles. The van der Waals surface area contributed by atoms with Gasteiger partial charge in [0.2, 0.25) is 5.91 Å². The minimum absolute atomic E-state index is 0.0193. The number of thiophene rings is 1. The largest absolute Gasteiger partial charge is 0.352 e. The highest BCUT2D eigenvalue weighted by atomic mass is 32.1. The first-order chi connectivity index (χ1) is 11.7. The summed E-state index contributed by atoms with van der Waals surface area (Å²) in [5, 5.41) is 9.38. The lowest BCUT2D eigenvalue weighted by Crippen LogP contribution is -2.39. The van der Waals surface area contributed by atoms with Crippen molar-refractivity contribution >= 4 is 17.2 Å². The topological polar surface area (TPSA) is 64.0 Å². The van der Waals surface area contributed by atoms with Crippen LogP contribution in [0, 0.1) is 0 Å². The van der Waals surface area contributed by atoms with E-state index in [1.54, 1.807) is 17.4 Å². The normalized spacial score (nSPS) is 16.3. The number of rotatable bonds is 4. The van der Waals surface area contributed by atoms with Crippen molar-refractivity contribution < 1.29 is 4.79 Å². The Bertz CT molecular complexity index is 716. The third-order valence-electron chi connectivity index (χ3n) is 4.40. The number of nitrogens with one attached hydrogen (secondary N) is 1. The first kappa shape index (κ1) is 16.9. The van der Waals surface area contributed by atoms with E-state index in [2.05, 4.69) is 10.4 Å². The molecule has 0 aliphatic heterocycles. The number of hydrogen-bond donors (Lipinski definition) is 1. The summed E-state index contributed by atoms with van der Waals surface area (Å²) < 4.78 is 1.26. The Morgan fingerprint density at radius 3 is 2.62 bits per heavy atom. The van der Waals surface area contributed by atoms with Gasteiger partial charge in [0.25, 0.3) is 5.56 Å². The van der Waals surface area contributed by atoms with E-state index < -0.39 is 0 Å². The van der Waals surface area contributed by atoms with Crippen LogP contribution in [0.5, 0.6) is 0 Å². The molecule has 0 bridgehead atoms. The van der Waals surface area contributed by atoms with Crippen LogP contribution >= 0.6 is 11.3 Å². The Morgan fingerprint density at radius 2 is 1.92 bits per heavy atom. The van der Waals surface area contributed by atoms with E-state index in [4.69, 9.17) is 0 Å². The van der Waals surface area contributed by atoms with E-state index in [1.165, 1.54) is 30.0 Å². The van der Waals surface area contributed by atoms with Crippen molar-refractivity contribution in [3.63, 3.8) is 0 Å². The molecule has 1 N–H and O–H groups in total. The van der Waals surface area contributed by atoms with Gasteiger partial charge in [0.15, 0.2) is 0 Å². The molecule has 1 aliphatic carbocycles. The van der Waals surface area contributed by atoms with Gasteiger partial charge in [-0.25, -0.2) is 4.68 Å². The highest BCUT2D eigenvalue weighted by Crippen LogP contribution is 2.21. The Morgan fingerprint density at radius 1 is 1.17 bits per heavy atom. The van der Waals surface area contributed by atoms with E-state index in [0.29, 0.717) is 0 Å². The van der Waals surface area contributed by atoms with Gasteiger partial charge in [-0.3, -0.25) is 9.59 Å². The first-order valence-electron chi connectivity index (χ1n) is 8.64. The van der Waals surface area contributed by atoms with E-state index >= 15 is 0 Å². The van der Waals surface area contributed by atoms with Crippen LogP contribution in [0.4, 0.5) is 0 Å². The van der Waals surface area contributed by atoms with Crippen LogP contribution in [0.2, 0.25) is 0 Å². The molecule has 2 aromatic heterocycles. The summed E-state index contributed by atoms with van der Waals surface area (Å²) in [6, 6.07) is 7.31. The molecule has 1 amide bonds. The maximum Gasteiger partial charge on any atom is 0.267 e. The standard InChI is InChI=1S/C18H23N3O2S/c22-17(19-14-7-4-2-1-3-5-8-14)13-21-18(23)11-10-15(20-21)16-9-6-12-24-16/h6,9-12,14H,1-5,7-8,13H2,(H,19,22). The zero-order valence-electron chi connectivity index (χ0n) is 13.7. The third kappa shape index (κ3) is 4.54. The lowest BCUT2D eigenvalue weighted by molar-refractivity contribution is -0.122. The molecule has 1 aliphatic rings. The van der Waals surface area contributed by atoms with E-state index in [0.717, 1.165) is 36.3 Å². The molecule has 0 atom stereocenters. The molecule has 2 aromatic rings. The van der Waals surface area contributed by atoms with Crippen LogP contribution in [-0.4, -0.2) is 21.7 Å². The highest BCUT2D eigenvalue weighted by Gasteiger charge is 2.15. The molecule has 5 nitrogen and oxygen atoms in total. The minimum atomic E-state index is -0.247. The van der Waals surface area contributed by atoms with Gasteiger partial charge in [-0.2, -0.15) is 5.10 Å². The lowest BCUT2D eigenvalue weighted by atomic mass is 9.97. The fourth-order valence-electron chi connectivity index (χ4n) is 3.13. The molecule has 1 fully saturated rings. The van der Waals surface area contributed by atoms with Crippen molar-refractivity contribution in [3.05, 3.63) is 40.0 Å². The number of carbonyl (C=O) groups excluding carboxylic acids is 1. The van der Waals surface area contributed by atoms with Crippen LogP contribution in [0.15, 0.2) is 34.4 Å². The van der Waals surface area contributed by atoms with Crippen molar-refractivity contribution in [3.8, 4) is 10.6 Å². The number of aromatic nitrogens is 2. The monoisotopic (exact) mass is 345 g/mol. The Balaban J connectivity index is 1.65. The van der Waals surface area contributed by atoms with Crippen molar-refractivity contribution in [1.29, 1.82) is 0 Å². The van der Waals surface area contributed by atoms with Crippen molar-refractivity contribution in [2.45, 2.75) is 57.5 Å². The number of carbonyl (C=O) groups is 1. The zero-order valence-corrected chi connectivity index (χ0v) is 14.6.